The molecule has 0 atom stereocenters. The number of ether oxygens (including phenoxy) is 2. The van der Waals surface area contributed by atoms with E-state index in [1.807, 2.05) is 6.07 Å². The number of hydrogen-bond acceptors (Lipinski definition) is 4. The number of nitrogens with zero attached hydrogens (tertiary/aromatic N) is 1. The van der Waals surface area contributed by atoms with Crippen molar-refractivity contribution >= 4 is 6.03 Å². The number of hydrogen-bond donors (Lipinski definition) is 2. The highest BCUT2D eigenvalue weighted by molar-refractivity contribution is 5.73. The van der Waals surface area contributed by atoms with Crippen molar-refractivity contribution in [1.82, 2.24) is 15.6 Å². The number of benzene rings is 1. The molecule has 0 saturated carbocycles. The molecule has 1 aromatic heterocycles. The fourth-order valence-electron chi connectivity index (χ4n) is 2.04. The number of alkyl halides is 2. The summed E-state index contributed by atoms with van der Waals surface area (Å²) in [6.45, 7) is -2.07. The first-order chi connectivity index (χ1) is 12.1. The average Bonchev–Trinajstić information content (AvgIpc) is 2.61. The minimum Gasteiger partial charge on any atom is -0.481 e. The van der Waals surface area contributed by atoms with Crippen LogP contribution >= 0.6 is 0 Å². The molecule has 2 amide bonds. The molecular weight excluding hydrogens is 332 g/mol. The first-order valence-corrected chi connectivity index (χ1v) is 7.61. The van der Waals surface area contributed by atoms with Gasteiger partial charge in [0, 0.05) is 25.4 Å². The Labute approximate surface area is 144 Å². The lowest BCUT2D eigenvalue weighted by Gasteiger charge is -2.09. The van der Waals surface area contributed by atoms with Crippen LogP contribution in [0.3, 0.4) is 0 Å². The van der Waals surface area contributed by atoms with Gasteiger partial charge in [0.2, 0.25) is 5.88 Å². The smallest absolute Gasteiger partial charge is 0.387 e. The second-order valence-electron chi connectivity index (χ2n) is 5.09. The molecule has 25 heavy (non-hydrogen) atoms. The summed E-state index contributed by atoms with van der Waals surface area (Å²) in [4.78, 5) is 15.8. The van der Waals surface area contributed by atoms with Gasteiger partial charge in [0.15, 0.2) is 0 Å². The lowest BCUT2D eigenvalue weighted by Crippen LogP contribution is -2.36. The predicted molar refractivity (Wildman–Crippen MR) is 87.8 cm³/mol. The van der Waals surface area contributed by atoms with Crippen molar-refractivity contribution in [2.75, 3.05) is 13.7 Å². The summed E-state index contributed by atoms with van der Waals surface area (Å²) in [5, 5.41) is 5.44. The Kier molecular flexibility index (Phi) is 6.94. The number of carbonyl (C=O) groups excluding carboxylic acids is 1. The second kappa shape index (κ2) is 9.41. The predicted octanol–water partition coefficient (Wildman–Crippen LogP) is 2.73. The number of aromatic nitrogens is 1. The van der Waals surface area contributed by atoms with Crippen LogP contribution in [0.15, 0.2) is 42.6 Å². The number of nitrogens with one attached hydrogen (secondary N) is 2. The molecule has 0 bridgehead atoms. The number of amides is 2. The molecule has 6 nitrogen and oxygen atoms in total. The van der Waals surface area contributed by atoms with Crippen LogP contribution in [0.5, 0.6) is 11.6 Å². The van der Waals surface area contributed by atoms with Gasteiger partial charge in [-0.2, -0.15) is 8.78 Å². The van der Waals surface area contributed by atoms with Gasteiger partial charge in [-0.25, -0.2) is 9.78 Å². The highest BCUT2D eigenvalue weighted by Gasteiger charge is 2.04. The van der Waals surface area contributed by atoms with Crippen LogP contribution in [0.2, 0.25) is 0 Å². The van der Waals surface area contributed by atoms with Gasteiger partial charge in [-0.3, -0.25) is 0 Å². The number of urea groups is 1. The molecule has 0 aliphatic heterocycles. The Morgan fingerprint density at radius 2 is 1.84 bits per heavy atom. The molecule has 8 heteroatoms. The maximum absolute atomic E-state index is 12.1. The third-order valence-electron chi connectivity index (χ3n) is 3.31. The van der Waals surface area contributed by atoms with Crippen LogP contribution in [0.25, 0.3) is 0 Å². The molecule has 0 saturated heterocycles. The van der Waals surface area contributed by atoms with Gasteiger partial charge in [-0.15, -0.1) is 0 Å². The molecule has 0 fully saturated rings. The molecule has 134 valence electrons. The largest absolute Gasteiger partial charge is 0.481 e. The maximum Gasteiger partial charge on any atom is 0.387 e. The first-order valence-electron chi connectivity index (χ1n) is 7.61. The van der Waals surface area contributed by atoms with E-state index in [1.165, 1.54) is 19.2 Å². The van der Waals surface area contributed by atoms with Crippen molar-refractivity contribution in [1.29, 1.82) is 0 Å². The molecule has 0 unspecified atom stereocenters. The van der Waals surface area contributed by atoms with Gasteiger partial charge < -0.3 is 20.1 Å². The van der Waals surface area contributed by atoms with E-state index in [0.717, 1.165) is 11.1 Å². The number of carbonyl (C=O) groups is 1. The van der Waals surface area contributed by atoms with Gasteiger partial charge in [-0.05, 0) is 29.7 Å². The topological polar surface area (TPSA) is 72.5 Å². The second-order valence-corrected chi connectivity index (χ2v) is 5.09. The summed E-state index contributed by atoms with van der Waals surface area (Å²) >= 11 is 0. The number of halogens is 2. The molecule has 2 rings (SSSR count). The zero-order valence-corrected chi connectivity index (χ0v) is 13.7. The van der Waals surface area contributed by atoms with Crippen molar-refractivity contribution < 1.29 is 23.0 Å². The lowest BCUT2D eigenvalue weighted by atomic mass is 10.1. The third kappa shape index (κ3) is 6.62. The van der Waals surface area contributed by atoms with E-state index in [2.05, 4.69) is 20.4 Å². The van der Waals surface area contributed by atoms with Crippen molar-refractivity contribution in [2.24, 2.45) is 0 Å². The Morgan fingerprint density at radius 1 is 1.12 bits per heavy atom. The Morgan fingerprint density at radius 3 is 2.44 bits per heavy atom. The number of methoxy groups -OCH3 is 1. The zero-order valence-electron chi connectivity index (χ0n) is 13.7. The van der Waals surface area contributed by atoms with Crippen LogP contribution in [-0.4, -0.2) is 31.3 Å². The summed E-state index contributed by atoms with van der Waals surface area (Å²) in [7, 11) is 1.53. The molecule has 0 spiro atoms. The van der Waals surface area contributed by atoms with Crippen LogP contribution in [-0.2, 0) is 13.0 Å². The average molecular weight is 351 g/mol. The minimum atomic E-state index is -2.84. The van der Waals surface area contributed by atoms with E-state index in [4.69, 9.17) is 4.74 Å². The highest BCUT2D eigenvalue weighted by Crippen LogP contribution is 2.15. The van der Waals surface area contributed by atoms with E-state index in [1.54, 1.807) is 24.4 Å². The fraction of sp³-hybridized carbons (Fsp3) is 0.294. The van der Waals surface area contributed by atoms with Gasteiger partial charge in [-0.1, -0.05) is 18.2 Å². The standard InChI is InChI=1S/C17H19F2N3O3/c1-24-15-7-4-13(10-21-15)11-22-17(23)20-9-8-12-2-5-14(6-3-12)25-16(18)19/h2-7,10,16H,8-9,11H2,1H3,(H2,20,22,23). The van der Waals surface area contributed by atoms with Crippen LogP contribution in [0, 0.1) is 0 Å². The van der Waals surface area contributed by atoms with Crippen LogP contribution in [0.4, 0.5) is 13.6 Å². The quantitative estimate of drug-likeness (QED) is 0.767. The fourth-order valence-corrected chi connectivity index (χ4v) is 2.04. The van der Waals surface area contributed by atoms with Gasteiger partial charge >= 0.3 is 12.6 Å². The molecule has 0 aliphatic carbocycles. The van der Waals surface area contributed by atoms with Crippen molar-refractivity contribution in [3.63, 3.8) is 0 Å². The monoisotopic (exact) mass is 351 g/mol. The SMILES string of the molecule is COc1ccc(CNC(=O)NCCc2ccc(OC(F)F)cc2)cn1. The first kappa shape index (κ1) is 18.4. The van der Waals surface area contributed by atoms with Crippen molar-refractivity contribution in [3.05, 3.63) is 53.7 Å². The Bertz CT molecular complexity index is 664. The van der Waals surface area contributed by atoms with E-state index < -0.39 is 6.61 Å². The van der Waals surface area contributed by atoms with Gasteiger partial charge in [0.25, 0.3) is 0 Å². The van der Waals surface area contributed by atoms with Crippen molar-refractivity contribution in [2.45, 2.75) is 19.6 Å². The zero-order chi connectivity index (χ0) is 18.1. The van der Waals surface area contributed by atoms with Gasteiger partial charge in [0.1, 0.15) is 5.75 Å². The summed E-state index contributed by atoms with van der Waals surface area (Å²) < 4.78 is 33.4. The minimum absolute atomic E-state index is 0.109. The Balaban J connectivity index is 1.67. The normalized spacial score (nSPS) is 10.4. The third-order valence-corrected chi connectivity index (χ3v) is 3.31. The molecule has 1 aromatic carbocycles. The molecule has 2 N–H and O–H groups in total. The highest BCUT2D eigenvalue weighted by atomic mass is 19.3. The van der Waals surface area contributed by atoms with E-state index in [9.17, 15) is 13.6 Å². The van der Waals surface area contributed by atoms with Crippen molar-refractivity contribution in [3.8, 4) is 11.6 Å². The molecule has 2 aromatic rings. The van der Waals surface area contributed by atoms with E-state index in [-0.39, 0.29) is 11.8 Å². The summed E-state index contributed by atoms with van der Waals surface area (Å²) in [5.41, 5.74) is 1.76. The van der Waals surface area contributed by atoms with Crippen LogP contribution < -0.4 is 20.1 Å². The van der Waals surface area contributed by atoms with Crippen LogP contribution in [0.1, 0.15) is 11.1 Å². The lowest BCUT2D eigenvalue weighted by molar-refractivity contribution is -0.0498. The Hall–Kier alpha value is -2.90. The summed E-state index contributed by atoms with van der Waals surface area (Å²) in [6, 6.07) is 9.54. The summed E-state index contributed by atoms with van der Waals surface area (Å²) in [5.74, 6) is 0.621. The molecule has 0 radical (unpaired) electrons. The number of pyridine rings is 1. The van der Waals surface area contributed by atoms with E-state index in [0.29, 0.717) is 25.4 Å². The number of rotatable bonds is 8. The maximum atomic E-state index is 12.1. The summed E-state index contributed by atoms with van der Waals surface area (Å²) in [6.07, 6.45) is 2.20. The van der Waals surface area contributed by atoms with Gasteiger partial charge in [0.05, 0.1) is 7.11 Å². The molecular formula is C17H19F2N3O3. The molecule has 0 aliphatic rings. The molecule has 1 heterocycles. The van der Waals surface area contributed by atoms with E-state index >= 15 is 0 Å².